The zero-order valence-corrected chi connectivity index (χ0v) is 13.1. The number of nitrogens with zero attached hydrogens (tertiary/aromatic N) is 1. The molecule has 1 amide bonds. The van der Waals surface area contributed by atoms with Gasteiger partial charge in [-0.3, -0.25) is 9.78 Å². The molecule has 1 N–H and O–H groups in total. The maximum Gasteiger partial charge on any atom is 0.228 e. The van der Waals surface area contributed by atoms with Gasteiger partial charge in [0.1, 0.15) is 5.82 Å². The van der Waals surface area contributed by atoms with Gasteiger partial charge in [0, 0.05) is 17.9 Å². The van der Waals surface area contributed by atoms with Crippen molar-refractivity contribution in [1.82, 2.24) is 10.3 Å². The molecule has 0 fully saturated rings. The van der Waals surface area contributed by atoms with Crippen molar-refractivity contribution in [2.45, 2.75) is 38.6 Å². The molecule has 0 bridgehead atoms. The van der Waals surface area contributed by atoms with Crippen molar-refractivity contribution in [2.24, 2.45) is 0 Å². The van der Waals surface area contributed by atoms with E-state index < -0.39 is 0 Å². The SMILES string of the molecule is CC(C)(C)NC(=O)C(Cc1cccnc1)c1ccc(F)cc1. The monoisotopic (exact) mass is 300 g/mol. The second kappa shape index (κ2) is 6.69. The van der Waals surface area contributed by atoms with Crippen molar-refractivity contribution in [3.63, 3.8) is 0 Å². The number of carbonyl (C=O) groups is 1. The summed E-state index contributed by atoms with van der Waals surface area (Å²) in [6.45, 7) is 5.82. The molecule has 3 nitrogen and oxygen atoms in total. The first-order valence-corrected chi connectivity index (χ1v) is 7.31. The third kappa shape index (κ3) is 4.65. The van der Waals surface area contributed by atoms with E-state index >= 15 is 0 Å². The number of amides is 1. The minimum Gasteiger partial charge on any atom is -0.351 e. The number of halogens is 1. The topological polar surface area (TPSA) is 42.0 Å². The van der Waals surface area contributed by atoms with Crippen LogP contribution in [0.4, 0.5) is 4.39 Å². The average Bonchev–Trinajstić information content (AvgIpc) is 2.45. The Bertz CT molecular complexity index is 618. The Hall–Kier alpha value is -2.23. The van der Waals surface area contributed by atoms with Gasteiger partial charge in [-0.1, -0.05) is 18.2 Å². The van der Waals surface area contributed by atoms with Gasteiger partial charge in [-0.25, -0.2) is 4.39 Å². The maximum absolute atomic E-state index is 13.1. The molecule has 0 aliphatic carbocycles. The zero-order chi connectivity index (χ0) is 16.2. The molecule has 116 valence electrons. The molecule has 1 atom stereocenters. The Labute approximate surface area is 130 Å². The smallest absolute Gasteiger partial charge is 0.228 e. The van der Waals surface area contributed by atoms with Crippen molar-refractivity contribution in [3.8, 4) is 0 Å². The lowest BCUT2D eigenvalue weighted by molar-refractivity contribution is -0.124. The van der Waals surface area contributed by atoms with E-state index in [1.807, 2.05) is 32.9 Å². The van der Waals surface area contributed by atoms with Gasteiger partial charge in [0.2, 0.25) is 5.91 Å². The van der Waals surface area contributed by atoms with Crippen LogP contribution in [0.3, 0.4) is 0 Å². The van der Waals surface area contributed by atoms with Crippen molar-refractivity contribution >= 4 is 5.91 Å². The number of nitrogens with one attached hydrogen (secondary N) is 1. The van der Waals surface area contributed by atoms with Gasteiger partial charge < -0.3 is 5.32 Å². The Morgan fingerprint density at radius 2 is 1.91 bits per heavy atom. The Kier molecular flexibility index (Phi) is 4.91. The minimum absolute atomic E-state index is 0.0667. The highest BCUT2D eigenvalue weighted by atomic mass is 19.1. The second-order valence-electron chi connectivity index (χ2n) is 6.41. The van der Waals surface area contributed by atoms with Crippen molar-refractivity contribution in [3.05, 3.63) is 65.7 Å². The fourth-order valence-corrected chi connectivity index (χ4v) is 2.27. The number of rotatable bonds is 4. The molecule has 0 saturated heterocycles. The summed E-state index contributed by atoms with van der Waals surface area (Å²) in [5.74, 6) is -0.743. The van der Waals surface area contributed by atoms with E-state index in [-0.39, 0.29) is 23.2 Å². The highest BCUT2D eigenvalue weighted by Gasteiger charge is 2.24. The molecule has 22 heavy (non-hydrogen) atoms. The maximum atomic E-state index is 13.1. The summed E-state index contributed by atoms with van der Waals surface area (Å²) in [6, 6.07) is 9.88. The minimum atomic E-state index is -0.371. The Balaban J connectivity index is 2.27. The van der Waals surface area contributed by atoms with Gasteiger partial charge in [0.05, 0.1) is 5.92 Å². The van der Waals surface area contributed by atoms with Crippen LogP contribution in [0, 0.1) is 5.82 Å². The molecule has 0 aliphatic heterocycles. The molecule has 0 spiro atoms. The summed E-state index contributed by atoms with van der Waals surface area (Å²) in [5.41, 5.74) is 1.46. The number of pyridine rings is 1. The first kappa shape index (κ1) is 16.1. The van der Waals surface area contributed by atoms with Gasteiger partial charge in [0.25, 0.3) is 0 Å². The lowest BCUT2D eigenvalue weighted by Gasteiger charge is -2.25. The quantitative estimate of drug-likeness (QED) is 0.939. The fraction of sp³-hybridized carbons (Fsp3) is 0.333. The Morgan fingerprint density at radius 3 is 2.45 bits per heavy atom. The third-order valence-corrected chi connectivity index (χ3v) is 3.25. The van der Waals surface area contributed by atoms with Gasteiger partial charge in [-0.15, -0.1) is 0 Å². The van der Waals surface area contributed by atoms with Crippen LogP contribution in [-0.4, -0.2) is 16.4 Å². The van der Waals surface area contributed by atoms with E-state index in [1.165, 1.54) is 12.1 Å². The van der Waals surface area contributed by atoms with Crippen molar-refractivity contribution < 1.29 is 9.18 Å². The zero-order valence-electron chi connectivity index (χ0n) is 13.1. The fourth-order valence-electron chi connectivity index (χ4n) is 2.27. The number of benzene rings is 1. The molecule has 1 aromatic carbocycles. The van der Waals surface area contributed by atoms with Gasteiger partial charge in [0.15, 0.2) is 0 Å². The summed E-state index contributed by atoms with van der Waals surface area (Å²) in [7, 11) is 0. The number of aromatic nitrogens is 1. The van der Waals surface area contributed by atoms with E-state index in [0.29, 0.717) is 6.42 Å². The summed E-state index contributed by atoms with van der Waals surface area (Å²) >= 11 is 0. The highest BCUT2D eigenvalue weighted by molar-refractivity contribution is 5.84. The van der Waals surface area contributed by atoms with Crippen LogP contribution in [0.1, 0.15) is 37.8 Å². The van der Waals surface area contributed by atoms with Crippen LogP contribution in [0.2, 0.25) is 0 Å². The van der Waals surface area contributed by atoms with E-state index in [1.54, 1.807) is 24.5 Å². The largest absolute Gasteiger partial charge is 0.351 e. The summed E-state index contributed by atoms with van der Waals surface area (Å²) in [6.07, 6.45) is 3.98. The molecular weight excluding hydrogens is 279 g/mol. The van der Waals surface area contributed by atoms with E-state index in [9.17, 15) is 9.18 Å². The molecule has 1 unspecified atom stereocenters. The Morgan fingerprint density at radius 1 is 1.23 bits per heavy atom. The van der Waals surface area contributed by atoms with Gasteiger partial charge in [-0.2, -0.15) is 0 Å². The van der Waals surface area contributed by atoms with Gasteiger partial charge in [-0.05, 0) is 56.5 Å². The molecule has 4 heteroatoms. The van der Waals surface area contributed by atoms with E-state index in [0.717, 1.165) is 11.1 Å². The summed E-state index contributed by atoms with van der Waals surface area (Å²) in [5, 5.41) is 3.00. The molecule has 1 heterocycles. The summed E-state index contributed by atoms with van der Waals surface area (Å²) in [4.78, 5) is 16.7. The predicted molar refractivity (Wildman–Crippen MR) is 85.0 cm³/mol. The molecule has 0 radical (unpaired) electrons. The van der Waals surface area contributed by atoms with E-state index in [2.05, 4.69) is 10.3 Å². The first-order chi connectivity index (χ1) is 10.3. The van der Waals surface area contributed by atoms with Crippen LogP contribution < -0.4 is 5.32 Å². The highest BCUT2D eigenvalue weighted by Crippen LogP contribution is 2.22. The van der Waals surface area contributed by atoms with Crippen LogP contribution in [0.25, 0.3) is 0 Å². The lowest BCUT2D eigenvalue weighted by atomic mass is 9.91. The van der Waals surface area contributed by atoms with Crippen LogP contribution >= 0.6 is 0 Å². The molecular formula is C18H21FN2O. The standard InChI is InChI=1S/C18H21FN2O/c1-18(2,3)21-17(22)16(11-13-5-4-10-20-12-13)14-6-8-15(19)9-7-14/h4-10,12,16H,11H2,1-3H3,(H,21,22). The van der Waals surface area contributed by atoms with E-state index in [4.69, 9.17) is 0 Å². The number of hydrogen-bond donors (Lipinski definition) is 1. The molecule has 2 rings (SSSR count). The molecule has 0 saturated carbocycles. The summed E-state index contributed by atoms with van der Waals surface area (Å²) < 4.78 is 13.1. The normalized spacial score (nSPS) is 12.7. The van der Waals surface area contributed by atoms with Crippen molar-refractivity contribution in [2.75, 3.05) is 0 Å². The van der Waals surface area contributed by atoms with Crippen LogP contribution in [0.15, 0.2) is 48.8 Å². The van der Waals surface area contributed by atoms with Crippen LogP contribution in [-0.2, 0) is 11.2 Å². The molecule has 2 aromatic rings. The second-order valence-corrected chi connectivity index (χ2v) is 6.41. The lowest BCUT2D eigenvalue weighted by Crippen LogP contribution is -2.43. The number of hydrogen-bond acceptors (Lipinski definition) is 2. The van der Waals surface area contributed by atoms with Crippen molar-refractivity contribution in [1.29, 1.82) is 0 Å². The molecule has 1 aromatic heterocycles. The van der Waals surface area contributed by atoms with Gasteiger partial charge >= 0.3 is 0 Å². The first-order valence-electron chi connectivity index (χ1n) is 7.31. The van der Waals surface area contributed by atoms with Crippen LogP contribution in [0.5, 0.6) is 0 Å². The predicted octanol–water partition coefficient (Wildman–Crippen LogP) is 3.46. The third-order valence-electron chi connectivity index (χ3n) is 3.25. The molecule has 0 aliphatic rings. The average molecular weight is 300 g/mol. The number of carbonyl (C=O) groups excluding carboxylic acids is 1.